The molecule has 0 aliphatic carbocycles. The predicted octanol–water partition coefficient (Wildman–Crippen LogP) is 4.25. The van der Waals surface area contributed by atoms with Crippen molar-refractivity contribution in [1.29, 1.82) is 0 Å². The number of aryl methyl sites for hydroxylation is 1. The maximum absolute atomic E-state index is 10.4. The average molecular weight is 337 g/mol. The minimum absolute atomic E-state index is 0. The van der Waals surface area contributed by atoms with Crippen molar-refractivity contribution >= 4 is 12.0 Å². The van der Waals surface area contributed by atoms with E-state index in [2.05, 4.69) is 0 Å². The fourth-order valence-electron chi connectivity index (χ4n) is 1.03. The van der Waals surface area contributed by atoms with Crippen molar-refractivity contribution in [3.05, 3.63) is 55.3 Å². The molecule has 0 aliphatic rings. The van der Waals surface area contributed by atoms with Crippen molar-refractivity contribution in [3.8, 4) is 0 Å². The summed E-state index contributed by atoms with van der Waals surface area (Å²) in [6.07, 6.45) is 5.76. The zero-order valence-electron chi connectivity index (χ0n) is 12.6. The summed E-state index contributed by atoms with van der Waals surface area (Å²) in [6.45, 7) is 7.79. The third kappa shape index (κ3) is 15.5. The van der Waals surface area contributed by atoms with E-state index in [1.165, 1.54) is 12.5 Å². The summed E-state index contributed by atoms with van der Waals surface area (Å²) < 4.78 is 4.76. The normalized spacial score (nSPS) is 8.63. The van der Waals surface area contributed by atoms with Gasteiger partial charge in [0.05, 0.1) is 0 Å². The summed E-state index contributed by atoms with van der Waals surface area (Å²) in [6, 6.07) is 8.15. The van der Waals surface area contributed by atoms with Gasteiger partial charge in [-0.05, 0) is 18.6 Å². The summed E-state index contributed by atoms with van der Waals surface area (Å²) in [5.74, 6) is -0.251. The van der Waals surface area contributed by atoms with Gasteiger partial charge in [-0.1, -0.05) is 35.9 Å². The average Bonchev–Trinajstić information content (AvgIpc) is 2.28. The third-order valence-electron chi connectivity index (χ3n) is 1.77. The fourth-order valence-corrected chi connectivity index (χ4v) is 1.03. The van der Waals surface area contributed by atoms with Gasteiger partial charge in [-0.25, -0.2) is 0 Å². The van der Waals surface area contributed by atoms with E-state index in [0.29, 0.717) is 6.61 Å². The van der Waals surface area contributed by atoms with E-state index in [9.17, 15) is 4.79 Å². The van der Waals surface area contributed by atoms with Gasteiger partial charge in [0.2, 0.25) is 0 Å². The number of rotatable bonds is 3. The molecule has 1 aromatic carbocycles. The minimum atomic E-state index is -0.251. The molecule has 0 aliphatic heterocycles. The molecule has 0 atom stereocenters. The van der Waals surface area contributed by atoms with Crippen LogP contribution in [-0.2, 0) is 42.2 Å². The second-order valence-electron chi connectivity index (χ2n) is 3.69. The van der Waals surface area contributed by atoms with Gasteiger partial charge >= 0.3 is 5.97 Å². The van der Waals surface area contributed by atoms with Crippen LogP contribution >= 0.6 is 0 Å². The Morgan fingerprint density at radius 3 is 2.16 bits per heavy atom. The fraction of sp³-hybridized carbons (Fsp3) is 0.312. The molecule has 0 saturated carbocycles. The SMILES string of the molecule is CC(=O)OC/C=C/c1ccc(C)cc1.C[CH-]C.[CH3-].[Y]. The van der Waals surface area contributed by atoms with Crippen LogP contribution in [0.3, 0.4) is 0 Å². The summed E-state index contributed by atoms with van der Waals surface area (Å²) in [5, 5.41) is 0. The molecule has 0 unspecified atom stereocenters. The van der Waals surface area contributed by atoms with Gasteiger partial charge in [0.15, 0.2) is 0 Å². The molecule has 0 heterocycles. The Balaban J connectivity index is -0.000000468. The van der Waals surface area contributed by atoms with Crippen molar-refractivity contribution in [2.75, 3.05) is 6.61 Å². The van der Waals surface area contributed by atoms with Crippen molar-refractivity contribution in [3.63, 3.8) is 0 Å². The topological polar surface area (TPSA) is 26.3 Å². The molecule has 1 aromatic rings. The molecule has 0 spiro atoms. The van der Waals surface area contributed by atoms with Crippen LogP contribution in [0.4, 0.5) is 0 Å². The Labute approximate surface area is 143 Å². The van der Waals surface area contributed by atoms with Crippen LogP contribution in [0.15, 0.2) is 30.3 Å². The number of hydrogen-bond acceptors (Lipinski definition) is 2. The third-order valence-corrected chi connectivity index (χ3v) is 1.77. The number of carbonyl (C=O) groups is 1. The Kier molecular flexibility index (Phi) is 19.4. The first kappa shape index (κ1) is 23.6. The zero-order valence-corrected chi connectivity index (χ0v) is 15.5. The second-order valence-corrected chi connectivity index (χ2v) is 3.69. The molecule has 0 bridgehead atoms. The first-order valence-corrected chi connectivity index (χ1v) is 5.70. The summed E-state index contributed by atoms with van der Waals surface area (Å²) in [5.41, 5.74) is 2.35. The first-order chi connectivity index (χ1) is 8.10. The molecular formula is C16H24O2Y-2. The summed E-state index contributed by atoms with van der Waals surface area (Å²) in [4.78, 5) is 10.4. The molecule has 0 aromatic heterocycles. The van der Waals surface area contributed by atoms with Crippen LogP contribution < -0.4 is 0 Å². The Morgan fingerprint density at radius 2 is 1.74 bits per heavy atom. The van der Waals surface area contributed by atoms with Crippen molar-refractivity contribution in [1.82, 2.24) is 0 Å². The molecule has 2 nitrogen and oxygen atoms in total. The first-order valence-electron chi connectivity index (χ1n) is 5.70. The van der Waals surface area contributed by atoms with Crippen LogP contribution in [0.2, 0.25) is 0 Å². The number of hydrogen-bond donors (Lipinski definition) is 0. The summed E-state index contributed by atoms with van der Waals surface area (Å²) >= 11 is 0. The molecule has 105 valence electrons. The van der Waals surface area contributed by atoms with Crippen LogP contribution in [-0.4, -0.2) is 12.6 Å². The number of ether oxygens (including phenoxy) is 1. The number of carbonyl (C=O) groups excluding carboxylic acids is 1. The van der Waals surface area contributed by atoms with Gasteiger partial charge in [-0.3, -0.25) is 4.79 Å². The Morgan fingerprint density at radius 1 is 1.26 bits per heavy atom. The Hall–Kier alpha value is -0.466. The monoisotopic (exact) mass is 337 g/mol. The van der Waals surface area contributed by atoms with Crippen molar-refractivity contribution in [2.24, 2.45) is 0 Å². The molecule has 19 heavy (non-hydrogen) atoms. The van der Waals surface area contributed by atoms with Gasteiger partial charge in [0.1, 0.15) is 6.61 Å². The van der Waals surface area contributed by atoms with E-state index in [0.717, 1.165) is 5.56 Å². The molecule has 3 heteroatoms. The van der Waals surface area contributed by atoms with Gasteiger partial charge in [0.25, 0.3) is 0 Å². The maximum atomic E-state index is 10.4. The van der Waals surface area contributed by atoms with E-state index in [4.69, 9.17) is 4.74 Å². The molecule has 0 saturated heterocycles. The van der Waals surface area contributed by atoms with E-state index in [1.807, 2.05) is 63.6 Å². The van der Waals surface area contributed by atoms with Crippen LogP contribution in [0, 0.1) is 20.8 Å². The molecule has 0 amide bonds. The Bertz CT molecular complexity index is 342. The minimum Gasteiger partial charge on any atom is -0.462 e. The van der Waals surface area contributed by atoms with E-state index >= 15 is 0 Å². The molecule has 0 fully saturated rings. The van der Waals surface area contributed by atoms with E-state index in [1.54, 1.807) is 0 Å². The van der Waals surface area contributed by atoms with Crippen LogP contribution in [0.5, 0.6) is 0 Å². The van der Waals surface area contributed by atoms with Crippen LogP contribution in [0.1, 0.15) is 31.9 Å². The smallest absolute Gasteiger partial charge is 0.302 e. The summed E-state index contributed by atoms with van der Waals surface area (Å²) in [7, 11) is 0. The molecule has 1 rings (SSSR count). The predicted molar refractivity (Wildman–Crippen MR) is 78.9 cm³/mol. The van der Waals surface area contributed by atoms with E-state index in [-0.39, 0.29) is 46.1 Å². The van der Waals surface area contributed by atoms with Crippen molar-refractivity contribution < 1.29 is 42.2 Å². The van der Waals surface area contributed by atoms with Gasteiger partial charge in [-0.2, -0.15) is 13.8 Å². The number of esters is 1. The van der Waals surface area contributed by atoms with Crippen molar-refractivity contribution in [2.45, 2.75) is 27.7 Å². The second kappa shape index (κ2) is 15.6. The van der Waals surface area contributed by atoms with Gasteiger partial charge in [0, 0.05) is 39.6 Å². The maximum Gasteiger partial charge on any atom is 0.302 e. The van der Waals surface area contributed by atoms with Gasteiger partial charge < -0.3 is 18.6 Å². The standard InChI is InChI=1S/C12H14O2.C3H7.CH3.Y/c1-10-5-7-12(8-6-10)4-3-9-14-11(2)13;1-3-2;;/h3-8H,9H2,1-2H3;3H,1-2H3;1H3;/q;2*-1;/b4-3+;;;. The van der Waals surface area contributed by atoms with Crippen LogP contribution in [0.25, 0.3) is 6.08 Å². The van der Waals surface area contributed by atoms with E-state index < -0.39 is 0 Å². The quantitative estimate of drug-likeness (QED) is 0.609. The molecular weight excluding hydrogens is 313 g/mol. The van der Waals surface area contributed by atoms with Gasteiger partial charge in [-0.15, -0.1) is 0 Å². The number of benzene rings is 1. The molecule has 0 N–H and O–H groups in total. The zero-order chi connectivity index (χ0) is 13.1. The molecule has 1 radical (unpaired) electrons. The largest absolute Gasteiger partial charge is 0.462 e.